The van der Waals surface area contributed by atoms with Gasteiger partial charge >= 0.3 is 0 Å². The molecule has 0 aliphatic rings. The van der Waals surface area contributed by atoms with Gasteiger partial charge in [-0.1, -0.05) is 72.8 Å². The first-order chi connectivity index (χ1) is 20.3. The number of fused-ring (bicyclic) bond motifs is 15. The maximum Gasteiger partial charge on any atom is 0.146 e. The lowest BCUT2D eigenvalue weighted by Gasteiger charge is -2.12. The first-order valence-corrected chi connectivity index (χ1v) is 14.7. The van der Waals surface area contributed by atoms with E-state index in [1.54, 1.807) is 0 Å². The zero-order valence-electron chi connectivity index (χ0n) is 21.9. The van der Waals surface area contributed by atoms with Gasteiger partial charge in [-0.25, -0.2) is 4.98 Å². The standard InChI is InChI=1S/C37H21N3S/c1-2-10-22(11-3-1)39-30-15-7-4-13-25(30)35-32(39)19-18-24-26-21-34-27(23-12-5-9-17-33(23)41-34)20-28(26)37-38-29-14-6-8-16-31(29)40(37)36(24)35/h1-21H. The second-order valence-electron chi connectivity index (χ2n) is 10.8. The first-order valence-electron chi connectivity index (χ1n) is 13.9. The number of hydrogen-bond donors (Lipinski definition) is 0. The van der Waals surface area contributed by atoms with E-state index in [1.807, 2.05) is 11.3 Å². The molecule has 0 spiro atoms. The molecule has 0 atom stereocenters. The topological polar surface area (TPSA) is 22.2 Å². The summed E-state index contributed by atoms with van der Waals surface area (Å²) >= 11 is 1.87. The molecule has 4 aromatic heterocycles. The number of hydrogen-bond acceptors (Lipinski definition) is 2. The van der Waals surface area contributed by atoms with Crippen LogP contribution in [0.5, 0.6) is 0 Å². The van der Waals surface area contributed by atoms with Crippen molar-refractivity contribution in [2.24, 2.45) is 0 Å². The van der Waals surface area contributed by atoms with Gasteiger partial charge in [-0.3, -0.25) is 4.40 Å². The molecule has 6 aromatic carbocycles. The molecule has 10 aromatic rings. The monoisotopic (exact) mass is 539 g/mol. The number of aromatic nitrogens is 3. The Morgan fingerprint density at radius 1 is 0.488 bits per heavy atom. The highest BCUT2D eigenvalue weighted by Crippen LogP contribution is 2.44. The summed E-state index contributed by atoms with van der Waals surface area (Å²) in [5.41, 5.74) is 7.94. The second-order valence-corrected chi connectivity index (χ2v) is 11.9. The average Bonchev–Trinajstić information content (AvgIpc) is 3.70. The third kappa shape index (κ3) is 2.75. The van der Waals surface area contributed by atoms with Crippen molar-refractivity contribution in [3.05, 3.63) is 127 Å². The molecular formula is C37H21N3S. The summed E-state index contributed by atoms with van der Waals surface area (Å²) in [6, 6.07) is 46.2. The molecule has 3 nitrogen and oxygen atoms in total. The number of imidazole rings is 1. The molecule has 0 saturated carbocycles. The van der Waals surface area contributed by atoms with E-state index in [9.17, 15) is 0 Å². The summed E-state index contributed by atoms with van der Waals surface area (Å²) in [6.07, 6.45) is 0. The maximum atomic E-state index is 5.28. The van der Waals surface area contributed by atoms with Crippen molar-refractivity contribution >= 4 is 91.7 Å². The molecule has 4 heterocycles. The normalized spacial score (nSPS) is 12.4. The summed E-state index contributed by atoms with van der Waals surface area (Å²) in [5, 5.41) is 8.81. The minimum Gasteiger partial charge on any atom is -0.309 e. The van der Waals surface area contributed by atoms with E-state index in [1.165, 1.54) is 63.7 Å². The smallest absolute Gasteiger partial charge is 0.146 e. The molecular weight excluding hydrogens is 518 g/mol. The SMILES string of the molecule is c1ccc(-n2c3ccccc3c3c2ccc2c4cc5sc6ccccc6c5cc4c4nc5ccccc5n4c23)cc1. The van der Waals surface area contributed by atoms with E-state index in [-0.39, 0.29) is 0 Å². The summed E-state index contributed by atoms with van der Waals surface area (Å²) in [4.78, 5) is 5.28. The maximum absolute atomic E-state index is 5.28. The number of rotatable bonds is 1. The van der Waals surface area contributed by atoms with Crippen LogP contribution in [0.25, 0.3) is 86.0 Å². The Balaban J connectivity index is 1.52. The molecule has 4 heteroatoms. The Hall–Kier alpha value is -5.19. The van der Waals surface area contributed by atoms with Crippen molar-refractivity contribution in [2.75, 3.05) is 0 Å². The Morgan fingerprint density at radius 3 is 2.15 bits per heavy atom. The highest BCUT2D eigenvalue weighted by Gasteiger charge is 2.21. The molecule has 41 heavy (non-hydrogen) atoms. The van der Waals surface area contributed by atoms with E-state index < -0.39 is 0 Å². The van der Waals surface area contributed by atoms with Gasteiger partial charge in [0.25, 0.3) is 0 Å². The van der Waals surface area contributed by atoms with Gasteiger partial charge in [0.15, 0.2) is 0 Å². The molecule has 0 aliphatic heterocycles. The Labute approximate surface area is 238 Å². The van der Waals surface area contributed by atoms with Crippen molar-refractivity contribution in [3.8, 4) is 5.69 Å². The second kappa shape index (κ2) is 7.72. The van der Waals surface area contributed by atoms with Gasteiger partial charge in [0, 0.05) is 47.4 Å². The van der Waals surface area contributed by atoms with Crippen LogP contribution in [0, 0.1) is 0 Å². The number of para-hydroxylation sites is 4. The van der Waals surface area contributed by atoms with Crippen molar-refractivity contribution < 1.29 is 0 Å². The minimum atomic E-state index is 1.01. The van der Waals surface area contributed by atoms with E-state index >= 15 is 0 Å². The fraction of sp³-hybridized carbons (Fsp3) is 0. The Kier molecular flexibility index (Phi) is 4.07. The number of benzene rings is 6. The van der Waals surface area contributed by atoms with Crippen molar-refractivity contribution in [3.63, 3.8) is 0 Å². The van der Waals surface area contributed by atoms with E-state index in [4.69, 9.17) is 4.98 Å². The number of nitrogens with zero attached hydrogens (tertiary/aromatic N) is 3. The molecule has 0 N–H and O–H groups in total. The van der Waals surface area contributed by atoms with Crippen molar-refractivity contribution in [1.29, 1.82) is 0 Å². The largest absolute Gasteiger partial charge is 0.309 e. The molecule has 0 radical (unpaired) electrons. The average molecular weight is 540 g/mol. The van der Waals surface area contributed by atoms with Gasteiger partial charge in [0.2, 0.25) is 0 Å². The summed E-state index contributed by atoms with van der Waals surface area (Å²) in [5.74, 6) is 0. The Morgan fingerprint density at radius 2 is 1.24 bits per heavy atom. The fourth-order valence-electron chi connectivity index (χ4n) is 6.96. The predicted molar refractivity (Wildman–Crippen MR) is 175 cm³/mol. The summed E-state index contributed by atoms with van der Waals surface area (Å²) in [6.45, 7) is 0. The fourth-order valence-corrected chi connectivity index (χ4v) is 8.09. The van der Waals surface area contributed by atoms with Gasteiger partial charge < -0.3 is 4.57 Å². The highest BCUT2D eigenvalue weighted by molar-refractivity contribution is 7.25. The number of pyridine rings is 1. The quantitative estimate of drug-likeness (QED) is 0.190. The zero-order valence-corrected chi connectivity index (χ0v) is 22.7. The third-order valence-corrected chi connectivity index (χ3v) is 9.79. The van der Waals surface area contributed by atoms with Gasteiger partial charge in [-0.05, 0) is 60.0 Å². The van der Waals surface area contributed by atoms with Gasteiger partial charge in [0.05, 0.1) is 27.6 Å². The van der Waals surface area contributed by atoms with E-state index in [0.717, 1.165) is 22.4 Å². The summed E-state index contributed by atoms with van der Waals surface area (Å²) < 4.78 is 7.44. The molecule has 0 saturated heterocycles. The number of thiophene rings is 1. The van der Waals surface area contributed by atoms with Crippen LogP contribution >= 0.6 is 11.3 Å². The third-order valence-electron chi connectivity index (χ3n) is 8.66. The van der Waals surface area contributed by atoms with Gasteiger partial charge in [0.1, 0.15) is 5.65 Å². The summed E-state index contributed by atoms with van der Waals surface area (Å²) in [7, 11) is 0. The lowest BCUT2D eigenvalue weighted by atomic mass is 10.0. The van der Waals surface area contributed by atoms with Crippen LogP contribution in [-0.2, 0) is 0 Å². The van der Waals surface area contributed by atoms with Crippen LogP contribution < -0.4 is 0 Å². The lowest BCUT2D eigenvalue weighted by Crippen LogP contribution is -1.95. The van der Waals surface area contributed by atoms with E-state index in [0.29, 0.717) is 0 Å². The van der Waals surface area contributed by atoms with Gasteiger partial charge in [-0.15, -0.1) is 11.3 Å². The Bertz CT molecular complexity index is 2690. The van der Waals surface area contributed by atoms with Gasteiger partial charge in [-0.2, -0.15) is 0 Å². The molecule has 190 valence electrons. The van der Waals surface area contributed by atoms with Crippen LogP contribution in [0.2, 0.25) is 0 Å². The van der Waals surface area contributed by atoms with E-state index in [2.05, 4.69) is 136 Å². The van der Waals surface area contributed by atoms with Crippen LogP contribution in [0.1, 0.15) is 0 Å². The molecule has 10 rings (SSSR count). The predicted octanol–water partition coefficient (Wildman–Crippen LogP) is 10.3. The van der Waals surface area contributed by atoms with Crippen LogP contribution in [0.15, 0.2) is 127 Å². The van der Waals surface area contributed by atoms with Crippen LogP contribution in [0.4, 0.5) is 0 Å². The highest BCUT2D eigenvalue weighted by atomic mass is 32.1. The first kappa shape index (κ1) is 21.6. The minimum absolute atomic E-state index is 1.01. The van der Waals surface area contributed by atoms with Crippen LogP contribution in [-0.4, -0.2) is 14.0 Å². The molecule has 0 bridgehead atoms. The molecule has 0 fully saturated rings. The van der Waals surface area contributed by atoms with Crippen LogP contribution in [0.3, 0.4) is 0 Å². The van der Waals surface area contributed by atoms with Crippen molar-refractivity contribution in [1.82, 2.24) is 14.0 Å². The molecule has 0 amide bonds. The molecule has 0 aliphatic carbocycles. The zero-order chi connectivity index (χ0) is 26.7. The molecule has 0 unspecified atom stereocenters. The van der Waals surface area contributed by atoms with Crippen molar-refractivity contribution in [2.45, 2.75) is 0 Å². The lowest BCUT2D eigenvalue weighted by molar-refractivity contribution is 1.18.